The first-order valence-electron chi connectivity index (χ1n) is 9.27. The topological polar surface area (TPSA) is 21.3 Å². The van der Waals surface area contributed by atoms with Gasteiger partial charge in [0.1, 0.15) is 18.2 Å². The molecule has 0 saturated heterocycles. The van der Waals surface area contributed by atoms with Gasteiger partial charge >= 0.3 is 0 Å². The van der Waals surface area contributed by atoms with E-state index < -0.39 is 0 Å². The Morgan fingerprint density at radius 3 is 2.37 bits per heavy atom. The Labute approximate surface area is 189 Å². The van der Waals surface area contributed by atoms with Crippen LogP contribution in [0.25, 0.3) is 10.8 Å². The lowest BCUT2D eigenvalue weighted by molar-refractivity contribution is 0.304. The molecule has 0 heterocycles. The number of rotatable bonds is 6. The smallest absolute Gasteiger partial charge is 0.125 e. The first kappa shape index (κ1) is 20.8. The maximum absolute atomic E-state index is 13.3. The summed E-state index contributed by atoms with van der Waals surface area (Å²) in [5.41, 5.74) is 2.52. The Balaban J connectivity index is 1.63. The molecule has 4 aromatic rings. The highest BCUT2D eigenvalue weighted by Gasteiger charge is 2.11. The number of fused-ring (bicyclic) bond motifs is 1. The van der Waals surface area contributed by atoms with Crippen molar-refractivity contribution in [1.29, 1.82) is 0 Å². The molecule has 6 heteroatoms. The quantitative estimate of drug-likeness (QED) is 0.313. The lowest BCUT2D eigenvalue weighted by atomic mass is 10.0. The second kappa shape index (κ2) is 9.13. The summed E-state index contributed by atoms with van der Waals surface area (Å²) in [7, 11) is 0. The first-order valence-corrected chi connectivity index (χ1v) is 10.4. The van der Waals surface area contributed by atoms with Crippen molar-refractivity contribution in [2.75, 3.05) is 5.32 Å². The number of nitrogens with one attached hydrogen (secondary N) is 1. The second-order valence-corrected chi connectivity index (χ2v) is 8.08. The fourth-order valence-corrected chi connectivity index (χ4v) is 4.02. The minimum Gasteiger partial charge on any atom is -0.488 e. The number of hydrogen-bond acceptors (Lipinski definition) is 2. The number of hydrogen-bond donors (Lipinski definition) is 1. The molecule has 2 nitrogen and oxygen atoms in total. The normalized spacial score (nSPS) is 10.9. The summed E-state index contributed by atoms with van der Waals surface area (Å²) in [5, 5.41) is 7.00. The summed E-state index contributed by atoms with van der Waals surface area (Å²) in [4.78, 5) is 0. The van der Waals surface area contributed by atoms with Crippen LogP contribution in [0.2, 0.25) is 15.1 Å². The lowest BCUT2D eigenvalue weighted by Crippen LogP contribution is -2.05. The van der Waals surface area contributed by atoms with Gasteiger partial charge in [-0.1, -0.05) is 71.2 Å². The third kappa shape index (κ3) is 4.81. The summed E-state index contributed by atoms with van der Waals surface area (Å²) < 4.78 is 19.4. The van der Waals surface area contributed by atoms with Crippen LogP contribution in [0.15, 0.2) is 72.8 Å². The van der Waals surface area contributed by atoms with Gasteiger partial charge in [0, 0.05) is 33.4 Å². The minimum atomic E-state index is -0.375. The van der Waals surface area contributed by atoms with Gasteiger partial charge in [-0.05, 0) is 47.2 Å². The monoisotopic (exact) mass is 459 g/mol. The van der Waals surface area contributed by atoms with Crippen LogP contribution in [0.3, 0.4) is 0 Å². The van der Waals surface area contributed by atoms with E-state index in [2.05, 4.69) is 17.4 Å². The number of ether oxygens (including phenoxy) is 1. The Bertz CT molecular complexity index is 1190. The molecule has 0 fully saturated rings. The predicted octanol–water partition coefficient (Wildman–Crippen LogP) is 8.13. The van der Waals surface area contributed by atoms with Crippen molar-refractivity contribution >= 4 is 51.3 Å². The highest BCUT2D eigenvalue weighted by atomic mass is 35.5. The molecule has 0 aliphatic rings. The van der Waals surface area contributed by atoms with E-state index >= 15 is 0 Å². The summed E-state index contributed by atoms with van der Waals surface area (Å²) in [5.74, 6) is 0.342. The number of anilines is 1. The fraction of sp³-hybridized carbons (Fsp3) is 0.0833. The molecule has 30 heavy (non-hydrogen) atoms. The summed E-state index contributed by atoms with van der Waals surface area (Å²) in [6.07, 6.45) is 0. The predicted molar refractivity (Wildman–Crippen MR) is 123 cm³/mol. The molecule has 0 amide bonds. The van der Waals surface area contributed by atoms with Crippen molar-refractivity contribution in [2.24, 2.45) is 0 Å². The third-order valence-corrected chi connectivity index (χ3v) is 5.52. The molecule has 0 saturated carbocycles. The van der Waals surface area contributed by atoms with Crippen molar-refractivity contribution in [1.82, 2.24) is 0 Å². The fourth-order valence-electron chi connectivity index (χ4n) is 3.27. The van der Waals surface area contributed by atoms with Crippen LogP contribution in [-0.4, -0.2) is 0 Å². The van der Waals surface area contributed by atoms with Crippen LogP contribution in [0.1, 0.15) is 11.1 Å². The molecule has 0 spiro atoms. The third-order valence-electron chi connectivity index (χ3n) is 4.73. The average Bonchev–Trinajstić information content (AvgIpc) is 2.71. The first-order chi connectivity index (χ1) is 14.5. The van der Waals surface area contributed by atoms with Gasteiger partial charge < -0.3 is 10.1 Å². The van der Waals surface area contributed by atoms with Crippen molar-refractivity contribution < 1.29 is 9.13 Å². The average molecular weight is 461 g/mol. The second-order valence-electron chi connectivity index (χ2n) is 6.80. The highest BCUT2D eigenvalue weighted by molar-refractivity contribution is 6.35. The largest absolute Gasteiger partial charge is 0.488 e. The molecule has 4 rings (SSSR count). The Morgan fingerprint density at radius 1 is 0.833 bits per heavy atom. The molecule has 0 aliphatic heterocycles. The van der Waals surface area contributed by atoms with E-state index in [9.17, 15) is 4.39 Å². The van der Waals surface area contributed by atoms with Gasteiger partial charge in [0.05, 0.1) is 5.02 Å². The molecule has 0 bridgehead atoms. The summed E-state index contributed by atoms with van der Waals surface area (Å²) in [6, 6.07) is 21.6. The number of benzene rings is 4. The van der Waals surface area contributed by atoms with Gasteiger partial charge in [0.15, 0.2) is 0 Å². The van der Waals surface area contributed by atoms with E-state index in [-0.39, 0.29) is 12.4 Å². The van der Waals surface area contributed by atoms with Gasteiger partial charge in [0.25, 0.3) is 0 Å². The Hall–Kier alpha value is -2.46. The maximum atomic E-state index is 13.3. The molecule has 152 valence electrons. The van der Waals surface area contributed by atoms with Crippen LogP contribution in [0.4, 0.5) is 10.1 Å². The standard InChI is InChI=1S/C24H17Cl3FNO/c25-17-9-18(26)11-20(10-17)29-13-22-21-4-2-1-3-15(21)6-8-24(22)30-14-16-5-7-19(28)12-23(16)27/h1-12,29H,13-14H2. The van der Waals surface area contributed by atoms with Crippen molar-refractivity contribution in [3.63, 3.8) is 0 Å². The summed E-state index contributed by atoms with van der Waals surface area (Å²) >= 11 is 18.4. The molecule has 1 N–H and O–H groups in total. The Morgan fingerprint density at radius 2 is 1.60 bits per heavy atom. The zero-order chi connectivity index (χ0) is 21.1. The van der Waals surface area contributed by atoms with Crippen LogP contribution >= 0.6 is 34.8 Å². The molecule has 0 atom stereocenters. The number of halogens is 4. The van der Waals surface area contributed by atoms with E-state index in [0.717, 1.165) is 27.8 Å². The molecule has 0 aromatic heterocycles. The van der Waals surface area contributed by atoms with Gasteiger partial charge in [-0.2, -0.15) is 0 Å². The molecule has 0 radical (unpaired) electrons. The molecule has 0 aliphatic carbocycles. The minimum absolute atomic E-state index is 0.230. The van der Waals surface area contributed by atoms with Crippen molar-refractivity contribution in [3.8, 4) is 5.75 Å². The zero-order valence-electron chi connectivity index (χ0n) is 15.8. The van der Waals surface area contributed by atoms with Crippen LogP contribution in [0.5, 0.6) is 5.75 Å². The molecule has 0 unspecified atom stereocenters. The van der Waals surface area contributed by atoms with E-state index in [1.165, 1.54) is 12.1 Å². The van der Waals surface area contributed by atoms with Crippen molar-refractivity contribution in [3.05, 3.63) is 105 Å². The molecular formula is C24H17Cl3FNO. The molecular weight excluding hydrogens is 444 g/mol. The van der Waals surface area contributed by atoms with E-state index in [1.54, 1.807) is 12.1 Å². The van der Waals surface area contributed by atoms with Gasteiger partial charge in [0.2, 0.25) is 0 Å². The lowest BCUT2D eigenvalue weighted by Gasteiger charge is -2.16. The van der Waals surface area contributed by atoms with Gasteiger partial charge in [-0.3, -0.25) is 0 Å². The van der Waals surface area contributed by atoms with E-state index in [1.807, 2.05) is 36.4 Å². The van der Waals surface area contributed by atoms with Crippen LogP contribution in [0, 0.1) is 5.82 Å². The van der Waals surface area contributed by atoms with E-state index in [0.29, 0.717) is 27.2 Å². The van der Waals surface area contributed by atoms with Gasteiger partial charge in [-0.15, -0.1) is 0 Å². The van der Waals surface area contributed by atoms with Crippen LogP contribution < -0.4 is 10.1 Å². The zero-order valence-corrected chi connectivity index (χ0v) is 18.0. The van der Waals surface area contributed by atoms with Gasteiger partial charge in [-0.25, -0.2) is 4.39 Å². The Kier molecular flexibility index (Phi) is 6.33. The van der Waals surface area contributed by atoms with E-state index in [4.69, 9.17) is 39.5 Å². The maximum Gasteiger partial charge on any atom is 0.125 e. The highest BCUT2D eigenvalue weighted by Crippen LogP contribution is 2.31. The van der Waals surface area contributed by atoms with Crippen LogP contribution in [-0.2, 0) is 13.2 Å². The SMILES string of the molecule is Fc1ccc(COc2ccc3ccccc3c2CNc2cc(Cl)cc(Cl)c2)c(Cl)c1. The summed E-state index contributed by atoms with van der Waals surface area (Å²) in [6.45, 7) is 0.734. The molecule has 4 aromatic carbocycles. The van der Waals surface area contributed by atoms with Crippen molar-refractivity contribution in [2.45, 2.75) is 13.2 Å².